The van der Waals surface area contributed by atoms with E-state index >= 15 is 0 Å². The van der Waals surface area contributed by atoms with E-state index in [1.165, 1.54) is 11.8 Å². The summed E-state index contributed by atoms with van der Waals surface area (Å²) in [6.45, 7) is 2.87. The van der Waals surface area contributed by atoms with Gasteiger partial charge in [0.1, 0.15) is 11.5 Å². The van der Waals surface area contributed by atoms with Crippen molar-refractivity contribution in [3.05, 3.63) is 42.5 Å². The lowest BCUT2D eigenvalue weighted by molar-refractivity contribution is -0.113. The summed E-state index contributed by atoms with van der Waals surface area (Å²) in [7, 11) is 3.15. The van der Waals surface area contributed by atoms with Gasteiger partial charge in [-0.25, -0.2) is 4.98 Å². The van der Waals surface area contributed by atoms with E-state index in [4.69, 9.17) is 9.47 Å². The number of carbonyl (C=O) groups excluding carboxylic acids is 1. The summed E-state index contributed by atoms with van der Waals surface area (Å²) in [5.74, 6) is 1.37. The number of imidazole rings is 1. The maximum atomic E-state index is 12.4. The lowest BCUT2D eigenvalue weighted by atomic mass is 10.2. The number of ether oxygens (including phenoxy) is 2. The Morgan fingerprint density at radius 1 is 1.19 bits per heavy atom. The molecule has 1 aromatic heterocycles. The number of aryl methyl sites for hydroxylation is 1. The van der Waals surface area contributed by atoms with Crippen LogP contribution in [0.5, 0.6) is 11.5 Å². The van der Waals surface area contributed by atoms with E-state index in [9.17, 15) is 4.79 Å². The third-order valence-corrected chi connectivity index (χ3v) is 4.93. The van der Waals surface area contributed by atoms with E-state index in [2.05, 4.69) is 21.8 Å². The van der Waals surface area contributed by atoms with Crippen molar-refractivity contribution in [3.63, 3.8) is 0 Å². The van der Waals surface area contributed by atoms with E-state index in [1.807, 2.05) is 24.3 Å². The first-order valence-corrected chi connectivity index (χ1v) is 9.24. The highest BCUT2D eigenvalue weighted by molar-refractivity contribution is 7.99. The molecule has 3 rings (SSSR count). The average molecular weight is 371 g/mol. The Balaban J connectivity index is 1.72. The molecule has 0 bridgehead atoms. The quantitative estimate of drug-likeness (QED) is 0.640. The predicted octanol–water partition coefficient (Wildman–Crippen LogP) is 3.80. The largest absolute Gasteiger partial charge is 0.497 e. The van der Waals surface area contributed by atoms with Crippen molar-refractivity contribution in [1.82, 2.24) is 9.55 Å². The molecule has 0 unspecified atom stereocenters. The average Bonchev–Trinajstić information content (AvgIpc) is 3.03. The number of hydrogen-bond acceptors (Lipinski definition) is 5. The van der Waals surface area contributed by atoms with Crippen LogP contribution < -0.4 is 14.8 Å². The van der Waals surface area contributed by atoms with Gasteiger partial charge in [-0.15, -0.1) is 0 Å². The molecule has 3 aromatic rings. The second kappa shape index (κ2) is 8.14. The molecular weight excluding hydrogens is 350 g/mol. The molecule has 0 aliphatic rings. The number of benzene rings is 2. The Kier molecular flexibility index (Phi) is 5.68. The second-order valence-corrected chi connectivity index (χ2v) is 6.47. The van der Waals surface area contributed by atoms with Crippen molar-refractivity contribution in [1.29, 1.82) is 0 Å². The third-order valence-electron chi connectivity index (χ3n) is 3.95. The van der Waals surface area contributed by atoms with Gasteiger partial charge in [0.25, 0.3) is 0 Å². The van der Waals surface area contributed by atoms with Gasteiger partial charge in [-0.05, 0) is 31.2 Å². The highest BCUT2D eigenvalue weighted by atomic mass is 32.2. The minimum absolute atomic E-state index is 0.128. The first-order chi connectivity index (χ1) is 12.7. The van der Waals surface area contributed by atoms with Gasteiger partial charge in [0.05, 0.1) is 36.7 Å². The smallest absolute Gasteiger partial charge is 0.234 e. The minimum Gasteiger partial charge on any atom is -0.497 e. The summed E-state index contributed by atoms with van der Waals surface area (Å²) in [6.07, 6.45) is 0. The van der Waals surface area contributed by atoms with E-state index in [0.29, 0.717) is 17.2 Å². The minimum atomic E-state index is -0.128. The van der Waals surface area contributed by atoms with Gasteiger partial charge in [-0.2, -0.15) is 0 Å². The highest BCUT2D eigenvalue weighted by Gasteiger charge is 2.13. The van der Waals surface area contributed by atoms with Crippen LogP contribution in [0.2, 0.25) is 0 Å². The SMILES string of the molecule is CCn1c(SCC(=O)Nc2cc(OC)ccc2OC)nc2ccccc21. The zero-order chi connectivity index (χ0) is 18.5. The molecule has 1 amide bonds. The van der Waals surface area contributed by atoms with Crippen molar-refractivity contribution in [3.8, 4) is 11.5 Å². The molecule has 0 fully saturated rings. The number of anilines is 1. The fourth-order valence-electron chi connectivity index (χ4n) is 2.70. The van der Waals surface area contributed by atoms with Crippen molar-refractivity contribution in [2.45, 2.75) is 18.6 Å². The summed E-state index contributed by atoms with van der Waals surface area (Å²) < 4.78 is 12.6. The standard InChI is InChI=1S/C19H21N3O3S/c1-4-22-16-8-6-5-7-14(16)21-19(22)26-12-18(23)20-15-11-13(24-2)9-10-17(15)25-3/h5-11H,4,12H2,1-3H3,(H,20,23). The number of nitrogens with zero attached hydrogens (tertiary/aromatic N) is 2. The molecule has 0 aliphatic heterocycles. The summed E-state index contributed by atoms with van der Waals surface area (Å²) in [5, 5.41) is 3.71. The number of hydrogen-bond donors (Lipinski definition) is 1. The van der Waals surface area contributed by atoms with Crippen molar-refractivity contribution in [2.75, 3.05) is 25.3 Å². The van der Waals surface area contributed by atoms with E-state index in [0.717, 1.165) is 22.7 Å². The monoisotopic (exact) mass is 371 g/mol. The molecule has 0 aliphatic carbocycles. The molecule has 6 nitrogen and oxygen atoms in total. The molecule has 0 spiro atoms. The lowest BCUT2D eigenvalue weighted by Crippen LogP contribution is -2.15. The molecule has 2 aromatic carbocycles. The van der Waals surface area contributed by atoms with Crippen LogP contribution in [-0.2, 0) is 11.3 Å². The van der Waals surface area contributed by atoms with Crippen LogP contribution in [-0.4, -0.2) is 35.4 Å². The summed E-state index contributed by atoms with van der Waals surface area (Å²) >= 11 is 1.42. The number of amides is 1. The van der Waals surface area contributed by atoms with Crippen LogP contribution in [0.15, 0.2) is 47.6 Å². The van der Waals surface area contributed by atoms with Crippen LogP contribution in [0, 0.1) is 0 Å². The van der Waals surface area contributed by atoms with Crippen molar-refractivity contribution >= 4 is 34.4 Å². The fraction of sp³-hybridized carbons (Fsp3) is 0.263. The van der Waals surface area contributed by atoms with Crippen LogP contribution >= 0.6 is 11.8 Å². The summed E-state index contributed by atoms with van der Waals surface area (Å²) in [6, 6.07) is 13.3. The molecule has 7 heteroatoms. The van der Waals surface area contributed by atoms with Gasteiger partial charge in [0.15, 0.2) is 5.16 Å². The number of nitrogens with one attached hydrogen (secondary N) is 1. The van der Waals surface area contributed by atoms with Crippen molar-refractivity contribution in [2.24, 2.45) is 0 Å². The number of aromatic nitrogens is 2. The number of fused-ring (bicyclic) bond motifs is 1. The molecule has 136 valence electrons. The maximum Gasteiger partial charge on any atom is 0.234 e. The van der Waals surface area contributed by atoms with E-state index < -0.39 is 0 Å². The van der Waals surface area contributed by atoms with Gasteiger partial charge in [-0.1, -0.05) is 23.9 Å². The molecule has 0 saturated carbocycles. The summed E-state index contributed by atoms with van der Waals surface area (Å²) in [4.78, 5) is 17.0. The Morgan fingerprint density at radius 3 is 2.73 bits per heavy atom. The van der Waals surface area contributed by atoms with Crippen LogP contribution in [0.3, 0.4) is 0 Å². The molecule has 26 heavy (non-hydrogen) atoms. The van der Waals surface area contributed by atoms with Gasteiger partial charge in [-0.3, -0.25) is 4.79 Å². The molecular formula is C19H21N3O3S. The van der Waals surface area contributed by atoms with E-state index in [-0.39, 0.29) is 11.7 Å². The number of methoxy groups -OCH3 is 2. The normalized spacial score (nSPS) is 10.7. The number of thioether (sulfide) groups is 1. The molecule has 1 N–H and O–H groups in total. The van der Waals surface area contributed by atoms with Gasteiger partial charge >= 0.3 is 0 Å². The number of carbonyl (C=O) groups is 1. The predicted molar refractivity (Wildman–Crippen MR) is 104 cm³/mol. The van der Waals surface area contributed by atoms with Gasteiger partial charge in [0, 0.05) is 12.6 Å². The maximum absolute atomic E-state index is 12.4. The van der Waals surface area contributed by atoms with E-state index in [1.54, 1.807) is 32.4 Å². The second-order valence-electron chi connectivity index (χ2n) is 5.53. The topological polar surface area (TPSA) is 65.4 Å². The molecule has 0 radical (unpaired) electrons. The Bertz CT molecular complexity index is 924. The molecule has 0 saturated heterocycles. The third kappa shape index (κ3) is 3.77. The zero-order valence-electron chi connectivity index (χ0n) is 15.0. The lowest BCUT2D eigenvalue weighted by Gasteiger charge is -2.11. The molecule has 0 atom stereocenters. The Hall–Kier alpha value is -2.67. The van der Waals surface area contributed by atoms with Crippen LogP contribution in [0.1, 0.15) is 6.92 Å². The number of rotatable bonds is 7. The van der Waals surface area contributed by atoms with Crippen molar-refractivity contribution < 1.29 is 14.3 Å². The fourth-order valence-corrected chi connectivity index (χ4v) is 3.58. The first kappa shape index (κ1) is 18.1. The Morgan fingerprint density at radius 2 is 2.00 bits per heavy atom. The first-order valence-electron chi connectivity index (χ1n) is 8.26. The number of para-hydroxylation sites is 2. The van der Waals surface area contributed by atoms with Crippen LogP contribution in [0.4, 0.5) is 5.69 Å². The Labute approximate surface area is 156 Å². The summed E-state index contributed by atoms with van der Waals surface area (Å²) in [5.41, 5.74) is 2.60. The van der Waals surface area contributed by atoms with Gasteiger partial charge in [0.2, 0.25) is 5.91 Å². The highest BCUT2D eigenvalue weighted by Crippen LogP contribution is 2.29. The zero-order valence-corrected chi connectivity index (χ0v) is 15.8. The van der Waals surface area contributed by atoms with Gasteiger partial charge < -0.3 is 19.4 Å². The van der Waals surface area contributed by atoms with Crippen LogP contribution in [0.25, 0.3) is 11.0 Å². The molecule has 1 heterocycles.